The van der Waals surface area contributed by atoms with E-state index in [9.17, 15) is 9.90 Å². The normalized spacial score (nSPS) is 24.6. The van der Waals surface area contributed by atoms with Crippen molar-refractivity contribution in [1.29, 1.82) is 0 Å². The fourth-order valence-electron chi connectivity index (χ4n) is 1.77. The Balaban J connectivity index is 2.18. The second-order valence-corrected chi connectivity index (χ2v) is 4.28. The lowest BCUT2D eigenvalue weighted by molar-refractivity contribution is -0.148. The van der Waals surface area contributed by atoms with E-state index in [-0.39, 0.29) is 6.61 Å². The zero-order chi connectivity index (χ0) is 11.6. The minimum Gasteiger partial charge on any atom is -0.481 e. The van der Waals surface area contributed by atoms with Crippen molar-refractivity contribution in [3.05, 3.63) is 23.2 Å². The number of nitrogens with zero attached hydrogens (tertiary/aromatic N) is 2. The maximum atomic E-state index is 11.2. The molecule has 1 saturated heterocycles. The number of hydrogen-bond acceptors (Lipinski definition) is 4. The molecule has 0 spiro atoms. The quantitative estimate of drug-likeness (QED) is 0.861. The van der Waals surface area contributed by atoms with Crippen molar-refractivity contribution in [3.8, 4) is 0 Å². The highest BCUT2D eigenvalue weighted by Gasteiger charge is 2.42. The molecule has 2 rings (SSSR count). The SMILES string of the molecule is O=C(O)C1(Cc2cnc(Cl)cn2)CCOC1. The van der Waals surface area contributed by atoms with Gasteiger partial charge < -0.3 is 9.84 Å². The number of carbonyl (C=O) groups is 1. The third-order valence-corrected chi connectivity index (χ3v) is 2.95. The fraction of sp³-hybridized carbons (Fsp3) is 0.500. The van der Waals surface area contributed by atoms with Crippen LogP contribution in [-0.2, 0) is 16.0 Å². The molecule has 0 bridgehead atoms. The summed E-state index contributed by atoms with van der Waals surface area (Å²) < 4.78 is 5.16. The molecule has 5 nitrogen and oxygen atoms in total. The highest BCUT2D eigenvalue weighted by molar-refractivity contribution is 6.29. The molecular weight excluding hydrogens is 232 g/mol. The molecule has 6 heteroatoms. The van der Waals surface area contributed by atoms with E-state index in [0.717, 1.165) is 0 Å². The van der Waals surface area contributed by atoms with Gasteiger partial charge in [-0.1, -0.05) is 11.6 Å². The summed E-state index contributed by atoms with van der Waals surface area (Å²) in [5.74, 6) is -0.846. The Bertz CT molecular complexity index is 388. The van der Waals surface area contributed by atoms with Gasteiger partial charge in [0.1, 0.15) is 5.15 Å². The fourth-order valence-corrected chi connectivity index (χ4v) is 1.87. The van der Waals surface area contributed by atoms with Gasteiger partial charge in [0.25, 0.3) is 0 Å². The molecule has 0 saturated carbocycles. The number of carboxylic acids is 1. The first-order valence-corrected chi connectivity index (χ1v) is 5.28. The van der Waals surface area contributed by atoms with E-state index < -0.39 is 11.4 Å². The molecule has 86 valence electrons. The highest BCUT2D eigenvalue weighted by atomic mass is 35.5. The van der Waals surface area contributed by atoms with Crippen LogP contribution in [0.5, 0.6) is 0 Å². The molecule has 0 radical (unpaired) electrons. The summed E-state index contributed by atoms with van der Waals surface area (Å²) in [5.41, 5.74) is -0.236. The summed E-state index contributed by atoms with van der Waals surface area (Å²) in [6.45, 7) is 0.708. The predicted molar refractivity (Wildman–Crippen MR) is 56.3 cm³/mol. The van der Waals surface area contributed by atoms with Gasteiger partial charge in [-0.3, -0.25) is 9.78 Å². The lowest BCUT2D eigenvalue weighted by Crippen LogP contribution is -2.34. The number of ether oxygens (including phenoxy) is 1. The van der Waals surface area contributed by atoms with E-state index in [1.54, 1.807) is 0 Å². The Kier molecular flexibility index (Phi) is 3.07. The Labute approximate surface area is 97.4 Å². The van der Waals surface area contributed by atoms with Crippen LogP contribution in [0.2, 0.25) is 5.15 Å². The number of aromatic nitrogens is 2. The van der Waals surface area contributed by atoms with Crippen molar-refractivity contribution in [2.24, 2.45) is 5.41 Å². The topological polar surface area (TPSA) is 72.3 Å². The van der Waals surface area contributed by atoms with Crippen LogP contribution in [0.1, 0.15) is 12.1 Å². The summed E-state index contributed by atoms with van der Waals surface area (Å²) in [5, 5.41) is 9.53. The zero-order valence-corrected chi connectivity index (χ0v) is 9.28. The van der Waals surface area contributed by atoms with E-state index in [4.69, 9.17) is 16.3 Å². The first-order chi connectivity index (χ1) is 7.62. The van der Waals surface area contributed by atoms with Crippen LogP contribution in [0.25, 0.3) is 0 Å². The van der Waals surface area contributed by atoms with Gasteiger partial charge in [-0.05, 0) is 6.42 Å². The molecule has 1 aromatic heterocycles. The minimum atomic E-state index is -0.859. The lowest BCUT2D eigenvalue weighted by atomic mass is 9.83. The summed E-state index contributed by atoms with van der Waals surface area (Å²) in [6.07, 6.45) is 3.76. The Hall–Kier alpha value is -1.20. The molecule has 1 aromatic rings. The van der Waals surface area contributed by atoms with Crippen LogP contribution >= 0.6 is 11.6 Å². The third-order valence-electron chi connectivity index (χ3n) is 2.75. The van der Waals surface area contributed by atoms with Gasteiger partial charge in [0, 0.05) is 13.0 Å². The zero-order valence-electron chi connectivity index (χ0n) is 8.52. The first-order valence-electron chi connectivity index (χ1n) is 4.90. The van der Waals surface area contributed by atoms with Crippen LogP contribution in [0, 0.1) is 5.41 Å². The molecule has 2 heterocycles. The number of rotatable bonds is 3. The molecule has 1 unspecified atom stereocenters. The molecule has 1 atom stereocenters. The summed E-state index contributed by atoms with van der Waals surface area (Å²) >= 11 is 5.61. The maximum Gasteiger partial charge on any atom is 0.312 e. The molecule has 1 aliphatic rings. The molecule has 1 N–H and O–H groups in total. The van der Waals surface area contributed by atoms with E-state index >= 15 is 0 Å². The van der Waals surface area contributed by atoms with Crippen LogP contribution < -0.4 is 0 Å². The van der Waals surface area contributed by atoms with Gasteiger partial charge in [-0.2, -0.15) is 0 Å². The smallest absolute Gasteiger partial charge is 0.312 e. The van der Waals surface area contributed by atoms with Crippen molar-refractivity contribution in [3.63, 3.8) is 0 Å². The second kappa shape index (κ2) is 4.35. The molecule has 0 aromatic carbocycles. The van der Waals surface area contributed by atoms with Gasteiger partial charge >= 0.3 is 5.97 Å². The Morgan fingerprint density at radius 2 is 2.38 bits per heavy atom. The molecule has 1 aliphatic heterocycles. The average molecular weight is 243 g/mol. The van der Waals surface area contributed by atoms with E-state index in [2.05, 4.69) is 9.97 Å². The molecule has 1 fully saturated rings. The van der Waals surface area contributed by atoms with Crippen LogP contribution in [0.4, 0.5) is 0 Å². The van der Waals surface area contributed by atoms with E-state index in [0.29, 0.717) is 30.3 Å². The molecule has 0 aliphatic carbocycles. The molecule has 16 heavy (non-hydrogen) atoms. The third kappa shape index (κ3) is 2.15. The largest absolute Gasteiger partial charge is 0.481 e. The van der Waals surface area contributed by atoms with Crippen molar-refractivity contribution >= 4 is 17.6 Å². The van der Waals surface area contributed by atoms with Gasteiger partial charge in [-0.25, -0.2) is 4.98 Å². The first kappa shape index (κ1) is 11.3. The van der Waals surface area contributed by atoms with Gasteiger partial charge in [0.2, 0.25) is 0 Å². The van der Waals surface area contributed by atoms with E-state index in [1.165, 1.54) is 12.4 Å². The Morgan fingerprint density at radius 3 is 2.88 bits per heavy atom. The van der Waals surface area contributed by atoms with Crippen molar-refractivity contribution in [2.75, 3.05) is 13.2 Å². The van der Waals surface area contributed by atoms with Crippen LogP contribution in [0.15, 0.2) is 12.4 Å². The molecule has 0 amide bonds. The highest BCUT2D eigenvalue weighted by Crippen LogP contribution is 2.32. The average Bonchev–Trinajstić information content (AvgIpc) is 2.71. The van der Waals surface area contributed by atoms with E-state index in [1.807, 2.05) is 0 Å². The van der Waals surface area contributed by atoms with Crippen molar-refractivity contribution in [2.45, 2.75) is 12.8 Å². The standard InChI is InChI=1S/C10H11ClN2O3/c11-8-5-12-7(4-13-8)3-10(9(14)15)1-2-16-6-10/h4-5H,1-3,6H2,(H,14,15). The van der Waals surface area contributed by atoms with Crippen LogP contribution in [-0.4, -0.2) is 34.3 Å². The summed E-state index contributed by atoms with van der Waals surface area (Å²) in [4.78, 5) is 19.2. The van der Waals surface area contributed by atoms with Crippen molar-refractivity contribution < 1.29 is 14.6 Å². The molecular formula is C10H11ClN2O3. The van der Waals surface area contributed by atoms with Gasteiger partial charge in [0.05, 0.1) is 30.1 Å². The van der Waals surface area contributed by atoms with Gasteiger partial charge in [-0.15, -0.1) is 0 Å². The minimum absolute atomic E-state index is 0.229. The number of carboxylic acid groups (broad SMARTS) is 1. The number of hydrogen-bond donors (Lipinski definition) is 1. The lowest BCUT2D eigenvalue weighted by Gasteiger charge is -2.20. The number of aliphatic carboxylic acids is 1. The van der Waals surface area contributed by atoms with Crippen LogP contribution in [0.3, 0.4) is 0 Å². The maximum absolute atomic E-state index is 11.2. The van der Waals surface area contributed by atoms with Crippen molar-refractivity contribution in [1.82, 2.24) is 9.97 Å². The summed E-state index contributed by atoms with van der Waals surface area (Å²) in [6, 6.07) is 0. The van der Waals surface area contributed by atoms with Gasteiger partial charge in [0.15, 0.2) is 0 Å². The number of halogens is 1. The second-order valence-electron chi connectivity index (χ2n) is 3.90. The Morgan fingerprint density at radius 1 is 1.56 bits per heavy atom. The summed E-state index contributed by atoms with van der Waals surface area (Å²) in [7, 11) is 0. The predicted octanol–water partition coefficient (Wildman–Crippen LogP) is 1.16. The monoisotopic (exact) mass is 242 g/mol.